The van der Waals surface area contributed by atoms with E-state index in [1.54, 1.807) is 26.8 Å². The number of rotatable bonds is 10. The van der Waals surface area contributed by atoms with Gasteiger partial charge in [-0.25, -0.2) is 4.79 Å². The largest absolute Gasteiger partial charge is 0.459 e. The Morgan fingerprint density at radius 1 is 1.28 bits per heavy atom. The molecule has 0 saturated heterocycles. The van der Waals surface area contributed by atoms with Crippen LogP contribution in [0.4, 0.5) is 4.79 Å². The number of esters is 1. The predicted molar refractivity (Wildman–Crippen MR) is 100 cm³/mol. The van der Waals surface area contributed by atoms with E-state index in [1.807, 2.05) is 25.2 Å². The Morgan fingerprint density at radius 2 is 1.96 bits per heavy atom. The van der Waals surface area contributed by atoms with Gasteiger partial charge in [-0.05, 0) is 52.5 Å². The summed E-state index contributed by atoms with van der Waals surface area (Å²) in [6, 6.07) is -0.641. The summed E-state index contributed by atoms with van der Waals surface area (Å²) in [7, 11) is 0. The van der Waals surface area contributed by atoms with Crippen LogP contribution in [0.2, 0.25) is 0 Å². The molecule has 1 amide bonds. The molecular weight excluding hydrogens is 320 g/mol. The number of carbonyl (C=O) groups excluding carboxylic acids is 2. The number of nitrogens with one attached hydrogen (secondary N) is 1. The molecule has 1 unspecified atom stereocenters. The summed E-state index contributed by atoms with van der Waals surface area (Å²) in [4.78, 5) is 23.3. The predicted octanol–water partition coefficient (Wildman–Crippen LogP) is 3.24. The number of hydrogen-bond donors (Lipinski definition) is 2. The zero-order valence-electron chi connectivity index (χ0n) is 15.8. The summed E-state index contributed by atoms with van der Waals surface area (Å²) < 4.78 is 10.3. The van der Waals surface area contributed by atoms with Gasteiger partial charge >= 0.3 is 12.1 Å². The van der Waals surface area contributed by atoms with Gasteiger partial charge in [0, 0.05) is 6.54 Å². The van der Waals surface area contributed by atoms with E-state index in [0.717, 1.165) is 5.57 Å². The highest BCUT2D eigenvalue weighted by Gasteiger charge is 2.21. The molecular formula is C19H32N2O4. The molecule has 6 heteroatoms. The van der Waals surface area contributed by atoms with E-state index in [4.69, 9.17) is 15.2 Å². The van der Waals surface area contributed by atoms with Crippen LogP contribution in [-0.4, -0.2) is 36.9 Å². The van der Waals surface area contributed by atoms with Crippen LogP contribution in [0, 0.1) is 0 Å². The van der Waals surface area contributed by atoms with E-state index in [-0.39, 0.29) is 6.61 Å². The first-order valence-corrected chi connectivity index (χ1v) is 8.53. The molecule has 0 radical (unpaired) electrons. The molecule has 1 atom stereocenters. The Bertz CT molecular complexity index is 490. The molecule has 25 heavy (non-hydrogen) atoms. The van der Waals surface area contributed by atoms with Gasteiger partial charge in [-0.15, -0.1) is 0 Å². The van der Waals surface area contributed by atoms with Gasteiger partial charge in [-0.3, -0.25) is 4.79 Å². The Hall–Kier alpha value is -2.08. The summed E-state index contributed by atoms with van der Waals surface area (Å²) in [5, 5.41) is 2.66. The molecule has 0 aromatic heterocycles. The van der Waals surface area contributed by atoms with Crippen molar-refractivity contribution in [1.82, 2.24) is 5.32 Å². The second-order valence-electron chi connectivity index (χ2n) is 6.61. The second kappa shape index (κ2) is 12.3. The quantitative estimate of drug-likeness (QED) is 0.358. The van der Waals surface area contributed by atoms with Crippen LogP contribution in [0.3, 0.4) is 0 Å². The molecule has 0 saturated carbocycles. The maximum absolute atomic E-state index is 11.7. The number of unbranched alkanes of at least 4 members (excludes halogenated alkanes) is 1. The molecule has 0 aliphatic heterocycles. The third-order valence-corrected chi connectivity index (χ3v) is 3.06. The zero-order valence-corrected chi connectivity index (χ0v) is 15.8. The number of ether oxygens (including phenoxy) is 2. The molecule has 0 aromatic rings. The first-order chi connectivity index (χ1) is 11.7. The average molecular weight is 352 g/mol. The van der Waals surface area contributed by atoms with E-state index < -0.39 is 23.7 Å². The third-order valence-electron chi connectivity index (χ3n) is 3.06. The summed E-state index contributed by atoms with van der Waals surface area (Å²) in [6.45, 7) is 11.6. The van der Waals surface area contributed by atoms with Gasteiger partial charge in [0.25, 0.3) is 0 Å². The zero-order chi connectivity index (χ0) is 19.3. The van der Waals surface area contributed by atoms with Crippen molar-refractivity contribution in [2.45, 2.75) is 58.6 Å². The van der Waals surface area contributed by atoms with Crippen molar-refractivity contribution in [2.24, 2.45) is 5.73 Å². The van der Waals surface area contributed by atoms with E-state index in [0.29, 0.717) is 25.8 Å². The normalized spacial score (nSPS) is 13.4. The molecule has 0 aliphatic rings. The molecule has 0 heterocycles. The second-order valence-corrected chi connectivity index (χ2v) is 6.61. The number of nitrogens with two attached hydrogens (primary N) is 1. The summed E-state index contributed by atoms with van der Waals surface area (Å²) >= 11 is 0. The third kappa shape index (κ3) is 12.9. The van der Waals surface area contributed by atoms with Crippen LogP contribution in [0.15, 0.2) is 36.5 Å². The molecule has 142 valence electrons. The Balaban J connectivity index is 3.89. The Morgan fingerprint density at radius 3 is 2.52 bits per heavy atom. The molecule has 0 aliphatic carbocycles. The van der Waals surface area contributed by atoms with Gasteiger partial charge in [0.15, 0.2) is 0 Å². The topological polar surface area (TPSA) is 90.6 Å². The first kappa shape index (κ1) is 22.9. The van der Waals surface area contributed by atoms with Crippen LogP contribution in [-0.2, 0) is 14.3 Å². The van der Waals surface area contributed by atoms with Crippen LogP contribution in [0.25, 0.3) is 0 Å². The molecule has 6 nitrogen and oxygen atoms in total. The van der Waals surface area contributed by atoms with E-state index >= 15 is 0 Å². The maximum Gasteiger partial charge on any atom is 0.407 e. The van der Waals surface area contributed by atoms with Gasteiger partial charge in [0.05, 0.1) is 0 Å². The van der Waals surface area contributed by atoms with Crippen molar-refractivity contribution >= 4 is 12.1 Å². The molecule has 3 N–H and O–H groups in total. The summed E-state index contributed by atoms with van der Waals surface area (Å²) in [5.74, 6) is -0.398. The lowest BCUT2D eigenvalue weighted by Crippen LogP contribution is -2.37. The molecule has 0 fully saturated rings. The van der Waals surface area contributed by atoms with Crippen molar-refractivity contribution in [3.05, 3.63) is 36.5 Å². The number of alkyl carbamates (subject to hydrolysis) is 1. The van der Waals surface area contributed by atoms with Crippen LogP contribution >= 0.6 is 0 Å². The smallest absolute Gasteiger partial charge is 0.407 e. The number of allylic oxidation sites excluding steroid dienone is 3. The standard InChI is InChI=1S/C19H32N2O4/c1-6-8-11-15(7-2)14-24-18(23)21-13-10-9-12-16(20)17(22)25-19(3,4)5/h6-8,11,16H,2,9-10,12-14,20H2,1,3-5H3,(H,21,23)/b8-6-,15-11+. The fourth-order valence-electron chi connectivity index (χ4n) is 1.77. The van der Waals surface area contributed by atoms with Gasteiger partial charge in [0.1, 0.15) is 18.2 Å². The van der Waals surface area contributed by atoms with Gasteiger partial charge in [-0.1, -0.05) is 30.9 Å². The number of hydrogen-bond acceptors (Lipinski definition) is 5. The highest BCUT2D eigenvalue weighted by molar-refractivity contribution is 5.75. The molecule has 0 aromatic carbocycles. The minimum Gasteiger partial charge on any atom is -0.459 e. The monoisotopic (exact) mass is 352 g/mol. The fraction of sp³-hybridized carbons (Fsp3) is 0.579. The van der Waals surface area contributed by atoms with Crippen LogP contribution in [0.5, 0.6) is 0 Å². The number of carbonyl (C=O) groups is 2. The Labute approximate surface area is 151 Å². The lowest BCUT2D eigenvalue weighted by atomic mass is 10.1. The van der Waals surface area contributed by atoms with Crippen LogP contribution < -0.4 is 11.1 Å². The minimum absolute atomic E-state index is 0.170. The van der Waals surface area contributed by atoms with E-state index in [9.17, 15) is 9.59 Å². The average Bonchev–Trinajstić information content (AvgIpc) is 2.52. The highest BCUT2D eigenvalue weighted by Crippen LogP contribution is 2.10. The molecule has 0 spiro atoms. The van der Waals surface area contributed by atoms with E-state index in [1.165, 1.54) is 0 Å². The minimum atomic E-state index is -0.641. The fourth-order valence-corrected chi connectivity index (χ4v) is 1.77. The molecule has 0 bridgehead atoms. The van der Waals surface area contributed by atoms with Crippen molar-refractivity contribution < 1.29 is 19.1 Å². The highest BCUT2D eigenvalue weighted by atomic mass is 16.6. The molecule has 0 rings (SSSR count). The van der Waals surface area contributed by atoms with Crippen molar-refractivity contribution in [1.29, 1.82) is 0 Å². The Kier molecular flexibility index (Phi) is 11.3. The van der Waals surface area contributed by atoms with Crippen molar-refractivity contribution in [2.75, 3.05) is 13.2 Å². The SMILES string of the molecule is C=C/C(=C\C=C/C)COC(=O)NCCCCC(N)C(=O)OC(C)(C)C. The summed E-state index contributed by atoms with van der Waals surface area (Å²) in [6.07, 6.45) is 8.65. The van der Waals surface area contributed by atoms with Gasteiger partial charge in [-0.2, -0.15) is 0 Å². The van der Waals surface area contributed by atoms with Crippen molar-refractivity contribution in [3.8, 4) is 0 Å². The lowest BCUT2D eigenvalue weighted by Gasteiger charge is -2.22. The van der Waals surface area contributed by atoms with Crippen molar-refractivity contribution in [3.63, 3.8) is 0 Å². The number of amides is 1. The first-order valence-electron chi connectivity index (χ1n) is 8.53. The van der Waals surface area contributed by atoms with Gasteiger partial charge < -0.3 is 20.5 Å². The van der Waals surface area contributed by atoms with Gasteiger partial charge in [0.2, 0.25) is 0 Å². The summed E-state index contributed by atoms with van der Waals surface area (Å²) in [5.41, 5.74) is 6.08. The van der Waals surface area contributed by atoms with E-state index in [2.05, 4.69) is 11.9 Å². The lowest BCUT2D eigenvalue weighted by molar-refractivity contribution is -0.156. The van der Waals surface area contributed by atoms with Crippen LogP contribution in [0.1, 0.15) is 47.0 Å². The maximum atomic E-state index is 11.7.